The van der Waals surface area contributed by atoms with Crippen LogP contribution in [0.4, 0.5) is 5.69 Å². The number of hydrogen-bond acceptors (Lipinski definition) is 1. The summed E-state index contributed by atoms with van der Waals surface area (Å²) in [5, 5.41) is 11.0. The van der Waals surface area contributed by atoms with Crippen molar-refractivity contribution < 1.29 is 0 Å². The number of nitrogens with zero attached hydrogens (tertiary/aromatic N) is 1. The van der Waals surface area contributed by atoms with Crippen molar-refractivity contribution in [3.63, 3.8) is 0 Å². The van der Waals surface area contributed by atoms with Crippen LogP contribution in [-0.2, 0) is 0 Å². The lowest BCUT2D eigenvalue weighted by Crippen LogP contribution is -2.28. The first-order chi connectivity index (χ1) is 10.1. The molecule has 0 radical (unpaired) electrons. The molecule has 1 heterocycles. The van der Waals surface area contributed by atoms with Crippen molar-refractivity contribution in [2.75, 3.05) is 11.4 Å². The Hall–Kier alpha value is -1.35. The molecular weight excluding hydrogens is 324 g/mol. The van der Waals surface area contributed by atoms with E-state index >= 15 is 0 Å². The van der Waals surface area contributed by atoms with Gasteiger partial charge in [-0.1, -0.05) is 54.4 Å². The van der Waals surface area contributed by atoms with E-state index in [1.807, 2.05) is 0 Å². The van der Waals surface area contributed by atoms with E-state index < -0.39 is 0 Å². The summed E-state index contributed by atoms with van der Waals surface area (Å²) in [6, 6.07) is 10.8. The van der Waals surface area contributed by atoms with Crippen LogP contribution in [0.15, 0.2) is 34.8 Å². The molecule has 0 spiro atoms. The minimum Gasteiger partial charge on any atom is -0.329 e. The van der Waals surface area contributed by atoms with Gasteiger partial charge in [-0.25, -0.2) is 0 Å². The molecule has 1 N–H and O–H groups in total. The van der Waals surface area contributed by atoms with E-state index in [1.165, 1.54) is 22.0 Å². The van der Waals surface area contributed by atoms with E-state index in [-0.39, 0.29) is 0 Å². The predicted molar refractivity (Wildman–Crippen MR) is 94.7 cm³/mol. The highest BCUT2D eigenvalue weighted by Crippen LogP contribution is 2.42. The van der Waals surface area contributed by atoms with Gasteiger partial charge in [0.15, 0.2) is 0 Å². The van der Waals surface area contributed by atoms with Crippen LogP contribution in [0.1, 0.15) is 44.6 Å². The third-order valence-corrected chi connectivity index (χ3v) is 5.05. The maximum absolute atomic E-state index is 8.38. The van der Waals surface area contributed by atoms with Gasteiger partial charge < -0.3 is 4.90 Å². The number of halogens is 1. The number of nitrogens with one attached hydrogen (secondary N) is 1. The predicted octanol–water partition coefficient (Wildman–Crippen LogP) is 5.69. The lowest BCUT2D eigenvalue weighted by atomic mass is 9.96. The summed E-state index contributed by atoms with van der Waals surface area (Å²) in [6.45, 7) is 5.38. The number of fused-ring (bicyclic) bond motifs is 3. The monoisotopic (exact) mass is 344 g/mol. The van der Waals surface area contributed by atoms with Crippen molar-refractivity contribution in [1.82, 2.24) is 0 Å². The highest BCUT2D eigenvalue weighted by molar-refractivity contribution is 9.10. The number of anilines is 1. The standard InChI is InChI=1S/C18H21BrN2/c1-3-4-8-17(20)21-11-12(2)18-14-6-5-7-15(19)13(14)9-10-16(18)21/h5-7,9-10,12,20H,3-4,8,11H2,1-2H3. The normalized spacial score (nSPS) is 17.3. The van der Waals surface area contributed by atoms with E-state index in [4.69, 9.17) is 5.41 Å². The summed E-state index contributed by atoms with van der Waals surface area (Å²) in [7, 11) is 0. The molecule has 0 saturated heterocycles. The quantitative estimate of drug-likeness (QED) is 0.561. The molecule has 2 nitrogen and oxygen atoms in total. The Morgan fingerprint density at radius 3 is 2.86 bits per heavy atom. The van der Waals surface area contributed by atoms with Crippen LogP contribution in [0.2, 0.25) is 0 Å². The van der Waals surface area contributed by atoms with E-state index in [9.17, 15) is 0 Å². The Morgan fingerprint density at radius 2 is 2.10 bits per heavy atom. The summed E-state index contributed by atoms with van der Waals surface area (Å²) in [6.07, 6.45) is 3.11. The Labute approximate surface area is 134 Å². The second-order valence-corrected chi connectivity index (χ2v) is 6.75. The second-order valence-electron chi connectivity index (χ2n) is 5.90. The summed E-state index contributed by atoms with van der Waals surface area (Å²) in [5.74, 6) is 1.23. The molecule has 1 unspecified atom stereocenters. The SMILES string of the molecule is CCCCC(=N)N1CC(C)c2c1ccc1c(Br)cccc21. The average Bonchev–Trinajstić information content (AvgIpc) is 2.83. The maximum atomic E-state index is 8.38. The second kappa shape index (κ2) is 5.80. The van der Waals surface area contributed by atoms with Gasteiger partial charge in [0.25, 0.3) is 0 Å². The van der Waals surface area contributed by atoms with E-state index in [1.54, 1.807) is 0 Å². The zero-order valence-electron chi connectivity index (χ0n) is 12.6. The lowest BCUT2D eigenvalue weighted by molar-refractivity contribution is 0.790. The molecule has 110 valence electrons. The Balaban J connectivity index is 2.07. The van der Waals surface area contributed by atoms with Gasteiger partial charge in [-0.15, -0.1) is 0 Å². The van der Waals surface area contributed by atoms with E-state index in [0.29, 0.717) is 5.92 Å². The first-order valence-corrected chi connectivity index (χ1v) is 8.49. The topological polar surface area (TPSA) is 27.1 Å². The fourth-order valence-electron chi connectivity index (χ4n) is 3.28. The van der Waals surface area contributed by atoms with E-state index in [0.717, 1.165) is 36.1 Å². The third kappa shape index (κ3) is 2.48. The van der Waals surface area contributed by atoms with Crippen molar-refractivity contribution >= 4 is 38.2 Å². The summed E-state index contributed by atoms with van der Waals surface area (Å²) in [4.78, 5) is 2.20. The van der Waals surface area contributed by atoms with Crippen LogP contribution in [0, 0.1) is 5.41 Å². The molecule has 0 bridgehead atoms. The van der Waals surface area contributed by atoms with E-state index in [2.05, 4.69) is 65.0 Å². The molecule has 0 aliphatic carbocycles. The van der Waals surface area contributed by atoms with Crippen molar-refractivity contribution in [3.05, 3.63) is 40.4 Å². The van der Waals surface area contributed by atoms with Gasteiger partial charge in [-0.3, -0.25) is 5.41 Å². The largest absolute Gasteiger partial charge is 0.329 e. The minimum atomic E-state index is 0.472. The van der Waals surface area contributed by atoms with Crippen LogP contribution >= 0.6 is 15.9 Å². The first-order valence-electron chi connectivity index (χ1n) is 7.69. The molecular formula is C18H21BrN2. The average molecular weight is 345 g/mol. The maximum Gasteiger partial charge on any atom is 0.100 e. The molecule has 0 aromatic heterocycles. The Bertz CT molecular complexity index is 693. The minimum absolute atomic E-state index is 0.472. The molecule has 1 aliphatic rings. The van der Waals surface area contributed by atoms with Crippen LogP contribution in [-0.4, -0.2) is 12.4 Å². The molecule has 3 heteroatoms. The van der Waals surface area contributed by atoms with Gasteiger partial charge >= 0.3 is 0 Å². The molecule has 21 heavy (non-hydrogen) atoms. The van der Waals surface area contributed by atoms with Crippen LogP contribution < -0.4 is 4.90 Å². The van der Waals surface area contributed by atoms with Crippen LogP contribution in [0.3, 0.4) is 0 Å². The Kier molecular flexibility index (Phi) is 4.03. The zero-order chi connectivity index (χ0) is 15.0. The molecule has 2 aromatic carbocycles. The van der Waals surface area contributed by atoms with Gasteiger partial charge in [0.1, 0.15) is 5.84 Å². The number of amidine groups is 1. The molecule has 2 aromatic rings. The number of benzene rings is 2. The summed E-state index contributed by atoms with van der Waals surface area (Å²) < 4.78 is 1.15. The molecule has 1 atom stereocenters. The highest BCUT2D eigenvalue weighted by atomic mass is 79.9. The third-order valence-electron chi connectivity index (χ3n) is 4.36. The van der Waals surface area contributed by atoms with Crippen molar-refractivity contribution in [2.24, 2.45) is 0 Å². The Morgan fingerprint density at radius 1 is 1.29 bits per heavy atom. The first kappa shape index (κ1) is 14.6. The molecule has 0 amide bonds. The van der Waals surface area contributed by atoms with Gasteiger partial charge in [0.2, 0.25) is 0 Å². The smallest absolute Gasteiger partial charge is 0.100 e. The fraction of sp³-hybridized carbons (Fsp3) is 0.389. The zero-order valence-corrected chi connectivity index (χ0v) is 14.2. The number of unbranched alkanes of at least 4 members (excludes halogenated alkanes) is 1. The molecule has 3 rings (SSSR count). The summed E-state index contributed by atoms with van der Waals surface area (Å²) >= 11 is 3.65. The molecule has 0 fully saturated rings. The summed E-state index contributed by atoms with van der Waals surface area (Å²) in [5.41, 5.74) is 2.63. The van der Waals surface area contributed by atoms with Crippen molar-refractivity contribution in [1.29, 1.82) is 5.41 Å². The van der Waals surface area contributed by atoms with Gasteiger partial charge in [0.05, 0.1) is 0 Å². The van der Waals surface area contributed by atoms with Gasteiger partial charge in [-0.2, -0.15) is 0 Å². The lowest BCUT2D eigenvalue weighted by Gasteiger charge is -2.20. The van der Waals surface area contributed by atoms with Crippen molar-refractivity contribution in [3.8, 4) is 0 Å². The fourth-order valence-corrected chi connectivity index (χ4v) is 3.78. The van der Waals surface area contributed by atoms with Crippen molar-refractivity contribution in [2.45, 2.75) is 39.0 Å². The number of hydrogen-bond donors (Lipinski definition) is 1. The van der Waals surface area contributed by atoms with Crippen LogP contribution in [0.5, 0.6) is 0 Å². The molecule has 1 aliphatic heterocycles. The van der Waals surface area contributed by atoms with Crippen LogP contribution in [0.25, 0.3) is 10.8 Å². The van der Waals surface area contributed by atoms with Gasteiger partial charge in [0, 0.05) is 29.0 Å². The molecule has 0 saturated carbocycles. The highest BCUT2D eigenvalue weighted by Gasteiger charge is 2.29. The van der Waals surface area contributed by atoms with Gasteiger partial charge in [-0.05, 0) is 34.9 Å². The number of rotatable bonds is 3.